The third kappa shape index (κ3) is 2.00. The molecule has 0 N–H and O–H groups in total. The number of aromatic nitrogens is 3. The van der Waals surface area contributed by atoms with Crippen molar-refractivity contribution in [3.05, 3.63) is 46.5 Å². The first-order chi connectivity index (χ1) is 7.18. The molecule has 1 aromatic heterocycles. The Hall–Kier alpha value is -1.39. The molecule has 0 amide bonds. The molecule has 1 heterocycles. The smallest absolute Gasteiger partial charge is 0.267 e. The van der Waals surface area contributed by atoms with Crippen molar-refractivity contribution >= 4 is 29.1 Å². The Morgan fingerprint density at radius 2 is 2.13 bits per heavy atom. The Morgan fingerprint density at radius 3 is 2.80 bits per heavy atom. The lowest BCUT2D eigenvalue weighted by molar-refractivity contribution is 0.0945. The first-order valence-electron chi connectivity index (χ1n) is 4.03. The molecule has 4 nitrogen and oxygen atoms in total. The van der Waals surface area contributed by atoms with Crippen molar-refractivity contribution in [2.24, 2.45) is 0 Å². The summed E-state index contributed by atoms with van der Waals surface area (Å²) >= 11 is 11.6. The number of halogens is 2. The van der Waals surface area contributed by atoms with Crippen LogP contribution in [0.25, 0.3) is 0 Å². The van der Waals surface area contributed by atoms with Gasteiger partial charge >= 0.3 is 0 Å². The second kappa shape index (κ2) is 4.00. The highest BCUT2D eigenvalue weighted by molar-refractivity contribution is 6.35. The topological polar surface area (TPSA) is 47.8 Å². The number of benzene rings is 1. The van der Waals surface area contributed by atoms with Gasteiger partial charge in [0.25, 0.3) is 5.91 Å². The number of carbonyl (C=O) groups is 1. The molecule has 0 spiro atoms. The standard InChI is InChI=1S/C9H5Cl2N3O/c10-6-1-2-8(11)7(3-6)9(15)14-5-12-4-13-14/h1-5H. The fourth-order valence-corrected chi connectivity index (χ4v) is 1.47. The lowest BCUT2D eigenvalue weighted by Crippen LogP contribution is -2.12. The van der Waals surface area contributed by atoms with Crippen LogP contribution in [0.15, 0.2) is 30.9 Å². The maximum atomic E-state index is 11.8. The summed E-state index contributed by atoms with van der Waals surface area (Å²) in [6, 6.07) is 4.67. The van der Waals surface area contributed by atoms with Crippen LogP contribution in [0.5, 0.6) is 0 Å². The maximum absolute atomic E-state index is 11.8. The van der Waals surface area contributed by atoms with E-state index in [1.165, 1.54) is 18.7 Å². The summed E-state index contributed by atoms with van der Waals surface area (Å²) in [5.74, 6) is -0.361. The second-order valence-electron chi connectivity index (χ2n) is 2.77. The van der Waals surface area contributed by atoms with Gasteiger partial charge in [0.1, 0.15) is 12.7 Å². The van der Waals surface area contributed by atoms with Crippen molar-refractivity contribution in [2.75, 3.05) is 0 Å². The molecule has 0 aliphatic heterocycles. The monoisotopic (exact) mass is 241 g/mol. The number of carbonyl (C=O) groups excluding carboxylic acids is 1. The molecule has 1 aromatic carbocycles. The average Bonchev–Trinajstić information content (AvgIpc) is 2.74. The number of hydrogen-bond donors (Lipinski definition) is 0. The quantitative estimate of drug-likeness (QED) is 0.770. The zero-order chi connectivity index (χ0) is 10.8. The fourth-order valence-electron chi connectivity index (χ4n) is 1.10. The summed E-state index contributed by atoms with van der Waals surface area (Å²) in [6.45, 7) is 0. The zero-order valence-corrected chi connectivity index (χ0v) is 8.90. The van der Waals surface area contributed by atoms with Crippen LogP contribution in [0.3, 0.4) is 0 Å². The molecule has 0 saturated carbocycles. The van der Waals surface area contributed by atoms with Gasteiger partial charge in [0.2, 0.25) is 0 Å². The van der Waals surface area contributed by atoms with E-state index in [9.17, 15) is 4.79 Å². The minimum atomic E-state index is -0.361. The van der Waals surface area contributed by atoms with Crippen molar-refractivity contribution in [2.45, 2.75) is 0 Å². The van der Waals surface area contributed by atoms with Crippen molar-refractivity contribution in [3.63, 3.8) is 0 Å². The molecule has 0 saturated heterocycles. The van der Waals surface area contributed by atoms with Crippen LogP contribution in [0.4, 0.5) is 0 Å². The largest absolute Gasteiger partial charge is 0.281 e. The van der Waals surface area contributed by atoms with Crippen molar-refractivity contribution < 1.29 is 4.79 Å². The van der Waals surface area contributed by atoms with Crippen LogP contribution in [-0.4, -0.2) is 20.7 Å². The average molecular weight is 242 g/mol. The third-order valence-electron chi connectivity index (χ3n) is 1.79. The number of hydrogen-bond acceptors (Lipinski definition) is 3. The molecule has 0 aliphatic carbocycles. The molecular formula is C9H5Cl2N3O. The molecule has 0 fully saturated rings. The highest BCUT2D eigenvalue weighted by Crippen LogP contribution is 2.21. The Bertz CT molecular complexity index is 496. The van der Waals surface area contributed by atoms with Crippen LogP contribution in [0.1, 0.15) is 10.4 Å². The summed E-state index contributed by atoms with van der Waals surface area (Å²) in [4.78, 5) is 15.5. The molecule has 2 aromatic rings. The SMILES string of the molecule is O=C(c1cc(Cl)ccc1Cl)n1cncn1. The highest BCUT2D eigenvalue weighted by Gasteiger charge is 2.13. The van der Waals surface area contributed by atoms with E-state index in [-0.39, 0.29) is 5.91 Å². The lowest BCUT2D eigenvalue weighted by Gasteiger charge is -2.02. The summed E-state index contributed by atoms with van der Waals surface area (Å²) in [5.41, 5.74) is 0.301. The van der Waals surface area contributed by atoms with Gasteiger partial charge in [-0.25, -0.2) is 4.98 Å². The van der Waals surface area contributed by atoms with E-state index in [1.807, 2.05) is 0 Å². The molecule has 6 heteroatoms. The highest BCUT2D eigenvalue weighted by atomic mass is 35.5. The predicted molar refractivity (Wildman–Crippen MR) is 56.2 cm³/mol. The van der Waals surface area contributed by atoms with Gasteiger partial charge < -0.3 is 0 Å². The summed E-state index contributed by atoms with van der Waals surface area (Å²) in [5, 5.41) is 4.50. The van der Waals surface area contributed by atoms with Crippen molar-refractivity contribution in [3.8, 4) is 0 Å². The van der Waals surface area contributed by atoms with E-state index in [0.29, 0.717) is 15.6 Å². The Kier molecular flexibility index (Phi) is 2.70. The molecule has 0 unspecified atom stereocenters. The Morgan fingerprint density at radius 1 is 1.33 bits per heavy atom. The summed E-state index contributed by atoms with van der Waals surface area (Å²) in [7, 11) is 0. The zero-order valence-electron chi connectivity index (χ0n) is 7.39. The minimum Gasteiger partial charge on any atom is -0.267 e. The molecule has 0 radical (unpaired) electrons. The third-order valence-corrected chi connectivity index (χ3v) is 2.35. The predicted octanol–water partition coefficient (Wildman–Crippen LogP) is 2.27. The van der Waals surface area contributed by atoms with Crippen molar-refractivity contribution in [1.29, 1.82) is 0 Å². The van der Waals surface area contributed by atoms with Gasteiger partial charge in [-0.3, -0.25) is 4.79 Å². The summed E-state index contributed by atoms with van der Waals surface area (Å²) in [6.07, 6.45) is 2.58. The van der Waals surface area contributed by atoms with Crippen LogP contribution < -0.4 is 0 Å². The molecule has 15 heavy (non-hydrogen) atoms. The molecule has 76 valence electrons. The Labute approximate surface area is 95.4 Å². The minimum absolute atomic E-state index is 0.301. The van der Waals surface area contributed by atoms with Gasteiger partial charge in [0.05, 0.1) is 10.6 Å². The van der Waals surface area contributed by atoms with E-state index in [4.69, 9.17) is 23.2 Å². The van der Waals surface area contributed by atoms with E-state index in [2.05, 4.69) is 10.1 Å². The van der Waals surface area contributed by atoms with Gasteiger partial charge in [-0.15, -0.1) is 0 Å². The molecule has 2 rings (SSSR count). The lowest BCUT2D eigenvalue weighted by atomic mass is 10.2. The molecule has 0 bridgehead atoms. The molecular weight excluding hydrogens is 237 g/mol. The van der Waals surface area contributed by atoms with Gasteiger partial charge in [-0.2, -0.15) is 9.78 Å². The Balaban J connectivity index is 2.46. The maximum Gasteiger partial charge on any atom is 0.281 e. The first-order valence-corrected chi connectivity index (χ1v) is 4.78. The van der Waals surface area contributed by atoms with Crippen LogP contribution in [0.2, 0.25) is 10.0 Å². The van der Waals surface area contributed by atoms with Gasteiger partial charge in [0.15, 0.2) is 0 Å². The van der Waals surface area contributed by atoms with Crippen molar-refractivity contribution in [1.82, 2.24) is 14.8 Å². The van der Waals surface area contributed by atoms with E-state index >= 15 is 0 Å². The normalized spacial score (nSPS) is 10.3. The molecule has 0 atom stereocenters. The summed E-state index contributed by atoms with van der Waals surface area (Å²) < 4.78 is 1.09. The number of rotatable bonds is 1. The molecule has 0 aliphatic rings. The van der Waals surface area contributed by atoms with Crippen LogP contribution in [0, 0.1) is 0 Å². The first kappa shape index (κ1) is 10.1. The van der Waals surface area contributed by atoms with Gasteiger partial charge in [-0.05, 0) is 18.2 Å². The van der Waals surface area contributed by atoms with Crippen LogP contribution in [-0.2, 0) is 0 Å². The van der Waals surface area contributed by atoms with E-state index < -0.39 is 0 Å². The number of nitrogens with zero attached hydrogens (tertiary/aromatic N) is 3. The van der Waals surface area contributed by atoms with E-state index in [1.54, 1.807) is 12.1 Å². The van der Waals surface area contributed by atoms with Gasteiger partial charge in [-0.1, -0.05) is 23.2 Å². The van der Waals surface area contributed by atoms with Crippen LogP contribution >= 0.6 is 23.2 Å². The fraction of sp³-hybridized carbons (Fsp3) is 0. The van der Waals surface area contributed by atoms with Gasteiger partial charge in [0, 0.05) is 5.02 Å². The van der Waals surface area contributed by atoms with E-state index in [0.717, 1.165) is 4.68 Å². The second-order valence-corrected chi connectivity index (χ2v) is 3.61.